The molecule has 0 fully saturated rings. The summed E-state index contributed by atoms with van der Waals surface area (Å²) in [5.41, 5.74) is 1.17. The zero-order valence-electron chi connectivity index (χ0n) is 5.03. The number of H-pyrrole nitrogens is 1. The number of rotatable bonds is 0. The highest BCUT2D eigenvalue weighted by molar-refractivity contribution is 5.70. The van der Waals surface area contributed by atoms with Gasteiger partial charge in [0.1, 0.15) is 0 Å². The molecule has 0 amide bonds. The molecule has 49 valence electrons. The van der Waals surface area contributed by atoms with Crippen LogP contribution >= 0.6 is 0 Å². The molecule has 4 heteroatoms. The van der Waals surface area contributed by atoms with Gasteiger partial charge < -0.3 is 4.98 Å². The Kier molecular flexibility index (Phi) is 0.887. The SMILES string of the molecule is [O]c1nc2ncccc2[nH]1. The summed E-state index contributed by atoms with van der Waals surface area (Å²) >= 11 is 0. The second kappa shape index (κ2) is 1.70. The van der Waals surface area contributed by atoms with Crippen LogP contribution in [-0.4, -0.2) is 15.0 Å². The minimum Gasteiger partial charge on any atom is -0.303 e. The van der Waals surface area contributed by atoms with Crippen molar-refractivity contribution in [2.24, 2.45) is 0 Å². The number of pyridine rings is 1. The third-order valence-corrected chi connectivity index (χ3v) is 1.24. The van der Waals surface area contributed by atoms with Crippen molar-refractivity contribution in [1.29, 1.82) is 0 Å². The highest BCUT2D eigenvalue weighted by atomic mass is 16.3. The lowest BCUT2D eigenvalue weighted by atomic mass is 10.4. The van der Waals surface area contributed by atoms with E-state index < -0.39 is 0 Å². The number of nitrogens with zero attached hydrogens (tertiary/aromatic N) is 2. The van der Waals surface area contributed by atoms with Gasteiger partial charge in [-0.2, -0.15) is 4.98 Å². The summed E-state index contributed by atoms with van der Waals surface area (Å²) in [4.78, 5) is 9.98. The van der Waals surface area contributed by atoms with Gasteiger partial charge in [0, 0.05) is 6.20 Å². The Labute approximate surface area is 56.6 Å². The van der Waals surface area contributed by atoms with E-state index in [0.29, 0.717) is 11.2 Å². The predicted octanol–water partition coefficient (Wildman–Crippen LogP) is 1.10. The van der Waals surface area contributed by atoms with Gasteiger partial charge in [0.25, 0.3) is 0 Å². The summed E-state index contributed by atoms with van der Waals surface area (Å²) in [6, 6.07) is 3.17. The molecular weight excluding hydrogens is 130 g/mol. The number of fused-ring (bicyclic) bond motifs is 1. The number of imidazole rings is 1. The van der Waals surface area contributed by atoms with Crippen molar-refractivity contribution in [3.05, 3.63) is 18.3 Å². The molecule has 0 aliphatic rings. The molecule has 0 bridgehead atoms. The molecule has 0 saturated carbocycles. The normalized spacial score (nSPS) is 10.4. The monoisotopic (exact) mass is 134 g/mol. The molecule has 0 saturated heterocycles. The van der Waals surface area contributed by atoms with Crippen LogP contribution in [-0.2, 0) is 5.11 Å². The first-order valence-corrected chi connectivity index (χ1v) is 2.84. The quantitative estimate of drug-likeness (QED) is 0.586. The Hall–Kier alpha value is -1.58. The van der Waals surface area contributed by atoms with E-state index in [2.05, 4.69) is 15.0 Å². The Bertz CT molecular complexity index is 322. The fourth-order valence-electron chi connectivity index (χ4n) is 0.823. The maximum Gasteiger partial charge on any atom is 0.347 e. The smallest absolute Gasteiger partial charge is 0.303 e. The van der Waals surface area contributed by atoms with E-state index >= 15 is 0 Å². The molecule has 10 heavy (non-hydrogen) atoms. The predicted molar refractivity (Wildman–Crippen MR) is 34.0 cm³/mol. The fourth-order valence-corrected chi connectivity index (χ4v) is 0.823. The average molecular weight is 134 g/mol. The van der Waals surface area contributed by atoms with E-state index in [0.717, 1.165) is 0 Å². The first-order valence-electron chi connectivity index (χ1n) is 2.84. The maximum atomic E-state index is 10.6. The lowest BCUT2D eigenvalue weighted by molar-refractivity contribution is 0.325. The highest BCUT2D eigenvalue weighted by Gasteiger charge is 1.99. The minimum atomic E-state index is -0.339. The lowest BCUT2D eigenvalue weighted by Gasteiger charge is -1.80. The van der Waals surface area contributed by atoms with Crippen LogP contribution in [0.1, 0.15) is 0 Å². The summed E-state index contributed by atoms with van der Waals surface area (Å²) in [5.74, 6) is 0. The van der Waals surface area contributed by atoms with Crippen molar-refractivity contribution in [2.75, 3.05) is 0 Å². The summed E-state index contributed by atoms with van der Waals surface area (Å²) in [7, 11) is 0. The Morgan fingerprint density at radius 3 is 3.20 bits per heavy atom. The first kappa shape index (κ1) is 5.22. The van der Waals surface area contributed by atoms with Crippen molar-refractivity contribution in [3.63, 3.8) is 0 Å². The minimum absolute atomic E-state index is 0.339. The van der Waals surface area contributed by atoms with E-state index in [4.69, 9.17) is 0 Å². The molecule has 0 spiro atoms. The molecule has 0 aliphatic carbocycles. The third kappa shape index (κ3) is 0.621. The number of hydrogen-bond donors (Lipinski definition) is 1. The molecule has 0 unspecified atom stereocenters. The molecule has 0 aromatic carbocycles. The summed E-state index contributed by atoms with van der Waals surface area (Å²) in [5, 5.41) is 10.6. The van der Waals surface area contributed by atoms with Crippen molar-refractivity contribution >= 4 is 11.2 Å². The molecule has 1 N–H and O–H groups in total. The van der Waals surface area contributed by atoms with Crippen molar-refractivity contribution < 1.29 is 5.11 Å². The zero-order chi connectivity index (χ0) is 6.97. The van der Waals surface area contributed by atoms with Crippen LogP contribution in [0, 0.1) is 0 Å². The number of aromatic nitrogens is 3. The van der Waals surface area contributed by atoms with E-state index in [1.54, 1.807) is 18.3 Å². The largest absolute Gasteiger partial charge is 0.347 e. The van der Waals surface area contributed by atoms with E-state index in [1.807, 2.05) is 0 Å². The number of nitrogens with one attached hydrogen (secondary N) is 1. The van der Waals surface area contributed by atoms with Gasteiger partial charge in [-0.1, -0.05) is 0 Å². The molecular formula is C6H4N3O. The summed E-state index contributed by atoms with van der Waals surface area (Å²) < 4.78 is 0. The molecule has 2 aromatic rings. The Morgan fingerprint density at radius 2 is 2.40 bits per heavy atom. The van der Waals surface area contributed by atoms with Crippen molar-refractivity contribution in [2.45, 2.75) is 0 Å². The molecule has 1 radical (unpaired) electrons. The van der Waals surface area contributed by atoms with E-state index in [1.165, 1.54) is 0 Å². The van der Waals surface area contributed by atoms with Gasteiger partial charge in [-0.3, -0.25) is 0 Å². The lowest BCUT2D eigenvalue weighted by Crippen LogP contribution is -1.71. The number of hydrogen-bond acceptors (Lipinski definition) is 2. The molecule has 2 heterocycles. The Morgan fingerprint density at radius 1 is 1.50 bits per heavy atom. The molecule has 2 aromatic heterocycles. The topological polar surface area (TPSA) is 61.5 Å². The van der Waals surface area contributed by atoms with Gasteiger partial charge in [-0.15, -0.1) is 0 Å². The highest BCUT2D eigenvalue weighted by Crippen LogP contribution is 2.10. The van der Waals surface area contributed by atoms with Crippen LogP contribution in [0.5, 0.6) is 6.01 Å². The van der Waals surface area contributed by atoms with Gasteiger partial charge in [0.15, 0.2) is 5.65 Å². The average Bonchev–Trinajstić information content (AvgIpc) is 2.27. The van der Waals surface area contributed by atoms with Crippen molar-refractivity contribution in [1.82, 2.24) is 15.0 Å². The van der Waals surface area contributed by atoms with Crippen LogP contribution < -0.4 is 0 Å². The van der Waals surface area contributed by atoms with Crippen LogP contribution in [0.25, 0.3) is 11.2 Å². The molecule has 4 nitrogen and oxygen atoms in total. The zero-order valence-corrected chi connectivity index (χ0v) is 5.03. The third-order valence-electron chi connectivity index (χ3n) is 1.24. The van der Waals surface area contributed by atoms with Gasteiger partial charge in [0.05, 0.1) is 5.52 Å². The summed E-state index contributed by atoms with van der Waals surface area (Å²) in [6.07, 6.45) is 1.60. The summed E-state index contributed by atoms with van der Waals surface area (Å²) in [6.45, 7) is 0. The molecule has 2 rings (SSSR count). The standard InChI is InChI=1S/C6H4N3O/c10-6-8-4-2-1-3-7-5(4)9-6/h1-3H,(H,7,8,9). The number of aromatic amines is 1. The Balaban J connectivity index is 2.88. The van der Waals surface area contributed by atoms with Crippen LogP contribution in [0.15, 0.2) is 18.3 Å². The van der Waals surface area contributed by atoms with E-state index in [9.17, 15) is 5.11 Å². The fraction of sp³-hybridized carbons (Fsp3) is 0. The van der Waals surface area contributed by atoms with E-state index in [-0.39, 0.29) is 6.01 Å². The van der Waals surface area contributed by atoms with Crippen LogP contribution in [0.3, 0.4) is 0 Å². The van der Waals surface area contributed by atoms with Crippen LogP contribution in [0.4, 0.5) is 0 Å². The maximum absolute atomic E-state index is 10.6. The van der Waals surface area contributed by atoms with Gasteiger partial charge in [0.2, 0.25) is 0 Å². The second-order valence-electron chi connectivity index (χ2n) is 1.92. The first-order chi connectivity index (χ1) is 4.86. The second-order valence-corrected chi connectivity index (χ2v) is 1.92. The molecule has 0 atom stereocenters. The van der Waals surface area contributed by atoms with Crippen LogP contribution in [0.2, 0.25) is 0 Å². The molecule has 0 aliphatic heterocycles. The van der Waals surface area contributed by atoms with Gasteiger partial charge >= 0.3 is 6.01 Å². The van der Waals surface area contributed by atoms with Gasteiger partial charge in [-0.05, 0) is 12.1 Å². The van der Waals surface area contributed by atoms with Crippen molar-refractivity contribution in [3.8, 4) is 6.01 Å². The van der Waals surface area contributed by atoms with Gasteiger partial charge in [-0.25, -0.2) is 10.1 Å².